The monoisotopic (exact) mass is 339 g/mol. The first-order valence-electron chi connectivity index (χ1n) is 7.44. The van der Waals surface area contributed by atoms with Gasteiger partial charge in [0.1, 0.15) is 0 Å². The van der Waals surface area contributed by atoms with Crippen molar-refractivity contribution >= 4 is 15.7 Å². The predicted molar refractivity (Wildman–Crippen MR) is 94.2 cm³/mol. The van der Waals surface area contributed by atoms with Crippen molar-refractivity contribution in [2.45, 2.75) is 18.7 Å². The molecule has 0 saturated carbocycles. The largest absolute Gasteiger partial charge is 0.279 e. The Morgan fingerprint density at radius 3 is 2.21 bits per heavy atom. The molecule has 5 nitrogen and oxygen atoms in total. The number of sulfonamides is 1. The molecule has 0 aliphatic heterocycles. The van der Waals surface area contributed by atoms with Crippen molar-refractivity contribution in [2.75, 3.05) is 4.72 Å². The fraction of sp³-hybridized carbons (Fsp3) is 0.111. The number of hydrogen-bond acceptors (Lipinski definition) is 4. The second kappa shape index (κ2) is 6.41. The zero-order valence-electron chi connectivity index (χ0n) is 13.4. The van der Waals surface area contributed by atoms with Crippen LogP contribution in [0, 0.1) is 13.8 Å². The molecule has 0 fully saturated rings. The summed E-state index contributed by atoms with van der Waals surface area (Å²) in [5, 5.41) is 0. The first kappa shape index (κ1) is 16.1. The van der Waals surface area contributed by atoms with Gasteiger partial charge in [0, 0.05) is 18.0 Å². The van der Waals surface area contributed by atoms with E-state index >= 15 is 0 Å². The molecule has 122 valence electrons. The first-order valence-corrected chi connectivity index (χ1v) is 8.92. The number of hydrogen-bond donors (Lipinski definition) is 1. The third-order valence-corrected chi connectivity index (χ3v) is 5.02. The Morgan fingerprint density at radius 2 is 1.54 bits per heavy atom. The van der Waals surface area contributed by atoms with E-state index < -0.39 is 10.0 Å². The van der Waals surface area contributed by atoms with Gasteiger partial charge in [0.15, 0.2) is 5.82 Å². The van der Waals surface area contributed by atoms with Crippen molar-refractivity contribution in [3.05, 3.63) is 72.1 Å². The van der Waals surface area contributed by atoms with Crippen molar-refractivity contribution in [2.24, 2.45) is 0 Å². The standard InChI is InChI=1S/C18H17N3O2S/c1-13-7-9-15(10-8-13)24(22,23)21-16-6-3-5-14(2)17(16)18-19-11-4-12-20-18/h3-12,21H,1-2H3. The smallest absolute Gasteiger partial charge is 0.261 e. The van der Waals surface area contributed by atoms with Gasteiger partial charge in [-0.3, -0.25) is 4.72 Å². The molecule has 0 aliphatic rings. The van der Waals surface area contributed by atoms with Gasteiger partial charge >= 0.3 is 0 Å². The van der Waals surface area contributed by atoms with Crippen LogP contribution in [0.2, 0.25) is 0 Å². The summed E-state index contributed by atoms with van der Waals surface area (Å²) in [5.74, 6) is 0.484. The maximum absolute atomic E-state index is 12.7. The molecule has 0 unspecified atom stereocenters. The molecule has 0 spiro atoms. The minimum Gasteiger partial charge on any atom is -0.279 e. The number of rotatable bonds is 4. The SMILES string of the molecule is Cc1ccc(S(=O)(=O)Nc2cccc(C)c2-c2ncccn2)cc1. The van der Waals surface area contributed by atoms with Crippen LogP contribution in [0.5, 0.6) is 0 Å². The number of aryl methyl sites for hydroxylation is 2. The Labute approximate surface area is 141 Å². The molecule has 0 bridgehead atoms. The van der Waals surface area contributed by atoms with Gasteiger partial charge in [-0.05, 0) is 43.7 Å². The second-order valence-corrected chi connectivity index (χ2v) is 7.17. The van der Waals surface area contributed by atoms with Gasteiger partial charge in [0.05, 0.1) is 10.6 Å². The van der Waals surface area contributed by atoms with E-state index in [9.17, 15) is 8.42 Å². The molecule has 0 radical (unpaired) electrons. The van der Waals surface area contributed by atoms with Gasteiger partial charge in [-0.25, -0.2) is 18.4 Å². The van der Waals surface area contributed by atoms with Crippen molar-refractivity contribution in [1.82, 2.24) is 9.97 Å². The van der Waals surface area contributed by atoms with Crippen molar-refractivity contribution in [3.8, 4) is 11.4 Å². The third-order valence-electron chi connectivity index (χ3n) is 3.64. The number of anilines is 1. The maximum atomic E-state index is 12.7. The lowest BCUT2D eigenvalue weighted by Gasteiger charge is -2.14. The molecule has 6 heteroatoms. The Kier molecular flexibility index (Phi) is 4.31. The summed E-state index contributed by atoms with van der Waals surface area (Å²) in [6.45, 7) is 3.81. The Bertz CT molecular complexity index is 953. The summed E-state index contributed by atoms with van der Waals surface area (Å²) in [5.41, 5.74) is 3.03. The zero-order valence-corrected chi connectivity index (χ0v) is 14.2. The fourth-order valence-corrected chi connectivity index (χ4v) is 3.47. The van der Waals surface area contributed by atoms with Gasteiger partial charge in [-0.1, -0.05) is 29.8 Å². The van der Waals surface area contributed by atoms with E-state index in [4.69, 9.17) is 0 Å². The van der Waals surface area contributed by atoms with Crippen LogP contribution in [0.15, 0.2) is 65.8 Å². The quantitative estimate of drug-likeness (QED) is 0.789. The molecule has 0 aliphatic carbocycles. The zero-order chi connectivity index (χ0) is 17.2. The molecule has 3 rings (SSSR count). The molecule has 1 aromatic heterocycles. The van der Waals surface area contributed by atoms with Crippen LogP contribution in [-0.4, -0.2) is 18.4 Å². The highest BCUT2D eigenvalue weighted by Crippen LogP contribution is 2.30. The fourth-order valence-electron chi connectivity index (χ4n) is 2.40. The molecule has 0 atom stereocenters. The number of nitrogens with one attached hydrogen (secondary N) is 1. The van der Waals surface area contributed by atoms with Crippen LogP contribution >= 0.6 is 0 Å². The molecule has 1 heterocycles. The molecule has 2 aromatic carbocycles. The number of aromatic nitrogens is 2. The van der Waals surface area contributed by atoms with E-state index in [1.807, 2.05) is 19.9 Å². The average Bonchev–Trinajstić information content (AvgIpc) is 2.56. The second-order valence-electron chi connectivity index (χ2n) is 5.49. The summed E-state index contributed by atoms with van der Waals surface area (Å²) in [7, 11) is -3.68. The number of nitrogens with zero attached hydrogens (tertiary/aromatic N) is 2. The molecular weight excluding hydrogens is 322 g/mol. The molecular formula is C18H17N3O2S. The highest BCUT2D eigenvalue weighted by atomic mass is 32.2. The summed E-state index contributed by atoms with van der Waals surface area (Å²) in [6, 6.07) is 13.9. The van der Waals surface area contributed by atoms with Gasteiger partial charge in [-0.2, -0.15) is 0 Å². The topological polar surface area (TPSA) is 72.0 Å². The minimum absolute atomic E-state index is 0.217. The highest BCUT2D eigenvalue weighted by molar-refractivity contribution is 7.92. The van der Waals surface area contributed by atoms with Crippen molar-refractivity contribution < 1.29 is 8.42 Å². The maximum Gasteiger partial charge on any atom is 0.261 e. The molecule has 0 saturated heterocycles. The van der Waals surface area contributed by atoms with E-state index in [-0.39, 0.29) is 4.90 Å². The lowest BCUT2D eigenvalue weighted by Crippen LogP contribution is -2.14. The normalized spacial score (nSPS) is 11.2. The molecule has 0 amide bonds. The predicted octanol–water partition coefficient (Wildman–Crippen LogP) is 3.56. The van der Waals surface area contributed by atoms with E-state index in [0.717, 1.165) is 11.1 Å². The average molecular weight is 339 g/mol. The van der Waals surface area contributed by atoms with Crippen LogP contribution in [0.25, 0.3) is 11.4 Å². The van der Waals surface area contributed by atoms with Crippen molar-refractivity contribution in [1.29, 1.82) is 0 Å². The van der Waals surface area contributed by atoms with E-state index in [1.54, 1.807) is 54.9 Å². The third kappa shape index (κ3) is 3.28. The van der Waals surface area contributed by atoms with E-state index in [0.29, 0.717) is 17.1 Å². The van der Waals surface area contributed by atoms with Crippen molar-refractivity contribution in [3.63, 3.8) is 0 Å². The molecule has 3 aromatic rings. The highest BCUT2D eigenvalue weighted by Gasteiger charge is 2.18. The Morgan fingerprint density at radius 1 is 0.875 bits per heavy atom. The van der Waals surface area contributed by atoms with Crippen LogP contribution in [0.4, 0.5) is 5.69 Å². The summed E-state index contributed by atoms with van der Waals surface area (Å²) < 4.78 is 28.0. The van der Waals surface area contributed by atoms with Gasteiger partial charge in [-0.15, -0.1) is 0 Å². The molecule has 24 heavy (non-hydrogen) atoms. The van der Waals surface area contributed by atoms with E-state index in [2.05, 4.69) is 14.7 Å². The summed E-state index contributed by atoms with van der Waals surface area (Å²) in [6.07, 6.45) is 3.26. The first-order chi connectivity index (χ1) is 11.5. The van der Waals surface area contributed by atoms with Crippen LogP contribution in [-0.2, 0) is 10.0 Å². The summed E-state index contributed by atoms with van der Waals surface area (Å²) >= 11 is 0. The Hall–Kier alpha value is -2.73. The minimum atomic E-state index is -3.68. The summed E-state index contributed by atoms with van der Waals surface area (Å²) in [4.78, 5) is 8.69. The van der Waals surface area contributed by atoms with Gasteiger partial charge in [0.2, 0.25) is 0 Å². The lowest BCUT2D eigenvalue weighted by molar-refractivity contribution is 0.601. The van der Waals surface area contributed by atoms with Crippen LogP contribution in [0.1, 0.15) is 11.1 Å². The molecule has 1 N–H and O–H groups in total. The van der Waals surface area contributed by atoms with E-state index in [1.165, 1.54) is 0 Å². The van der Waals surface area contributed by atoms with Gasteiger partial charge in [0.25, 0.3) is 10.0 Å². The Balaban J connectivity index is 2.05. The number of benzene rings is 2. The van der Waals surface area contributed by atoms with Crippen LogP contribution in [0.3, 0.4) is 0 Å². The lowest BCUT2D eigenvalue weighted by atomic mass is 10.1. The van der Waals surface area contributed by atoms with Crippen LogP contribution < -0.4 is 4.72 Å². The van der Waals surface area contributed by atoms with Gasteiger partial charge < -0.3 is 0 Å².